The summed E-state index contributed by atoms with van der Waals surface area (Å²) in [5.41, 5.74) is 1.98. The van der Waals surface area contributed by atoms with Crippen LogP contribution < -0.4 is 10.6 Å². The first-order valence-corrected chi connectivity index (χ1v) is 13.3. The predicted molar refractivity (Wildman–Crippen MR) is 151 cm³/mol. The number of alkyl halides is 3. The molecule has 6 nitrogen and oxygen atoms in total. The topological polar surface area (TPSA) is 83.5 Å². The number of halogens is 5. The first-order valence-electron chi connectivity index (χ1n) is 13.3. The highest BCUT2D eigenvalue weighted by molar-refractivity contribution is 5.95. The molecule has 43 heavy (non-hydrogen) atoms. The van der Waals surface area contributed by atoms with Gasteiger partial charge in [0.05, 0.1) is 23.0 Å². The number of pyridine rings is 1. The molecule has 11 heteroatoms. The van der Waals surface area contributed by atoms with Gasteiger partial charge in [-0.05, 0) is 71.6 Å². The maximum Gasteiger partial charge on any atom is 0.416 e. The highest BCUT2D eigenvalue weighted by Crippen LogP contribution is 2.39. The Kier molecular flexibility index (Phi) is 8.33. The Morgan fingerprint density at radius 1 is 0.953 bits per heavy atom. The Morgan fingerprint density at radius 2 is 1.72 bits per heavy atom. The Labute approximate surface area is 243 Å². The van der Waals surface area contributed by atoms with Crippen molar-refractivity contribution in [3.63, 3.8) is 0 Å². The molecule has 1 unspecified atom stereocenters. The highest BCUT2D eigenvalue weighted by Gasteiger charge is 2.33. The van der Waals surface area contributed by atoms with Crippen molar-refractivity contribution in [2.45, 2.75) is 31.0 Å². The molecule has 1 aromatic heterocycles. The maximum atomic E-state index is 14.1. The van der Waals surface area contributed by atoms with Gasteiger partial charge in [0.25, 0.3) is 5.91 Å². The Bertz CT molecular complexity index is 1700. The lowest BCUT2D eigenvalue weighted by molar-refractivity contribution is -0.137. The van der Waals surface area contributed by atoms with Crippen LogP contribution in [0.25, 0.3) is 11.1 Å². The smallest absolute Gasteiger partial charge is 0.355 e. The summed E-state index contributed by atoms with van der Waals surface area (Å²) in [6.45, 7) is 0. The van der Waals surface area contributed by atoms with E-state index in [0.717, 1.165) is 30.3 Å². The summed E-state index contributed by atoms with van der Waals surface area (Å²) >= 11 is 0. The van der Waals surface area contributed by atoms with E-state index in [-0.39, 0.29) is 29.9 Å². The van der Waals surface area contributed by atoms with Crippen molar-refractivity contribution >= 4 is 23.7 Å². The van der Waals surface area contributed by atoms with Crippen molar-refractivity contribution in [1.82, 2.24) is 15.6 Å². The Morgan fingerprint density at radius 3 is 2.44 bits per heavy atom. The molecule has 0 spiro atoms. The standard InChI is InChI=1S/C32H25F5N4O2/c1-38-31(43)20-5-2-4-19(13-20)25-6-3-9-39-30(25)28(12-18-10-23(33)16-24(34)11-18)41-29(42)14-21-17-40-27-8-7-22(15-26(21)27)32(35,36)37/h2-11,13,15-17,21,28H,12,14H2,1H3,(H,38,43)(H,41,42)/t21?,28-/m0/s1. The molecule has 2 amide bonds. The van der Waals surface area contributed by atoms with Crippen molar-refractivity contribution in [2.75, 3.05) is 7.05 Å². The number of carbonyl (C=O) groups excluding carboxylic acids is 2. The van der Waals surface area contributed by atoms with Crippen LogP contribution in [0.3, 0.4) is 0 Å². The van der Waals surface area contributed by atoms with Gasteiger partial charge in [0.2, 0.25) is 5.91 Å². The molecule has 0 radical (unpaired) electrons. The van der Waals surface area contributed by atoms with Crippen LogP contribution in [-0.4, -0.2) is 30.1 Å². The number of aromatic nitrogens is 1. The van der Waals surface area contributed by atoms with Gasteiger partial charge in [-0.3, -0.25) is 19.6 Å². The lowest BCUT2D eigenvalue weighted by Gasteiger charge is -2.22. The molecule has 1 aliphatic rings. The van der Waals surface area contributed by atoms with Crippen LogP contribution in [0.5, 0.6) is 0 Å². The highest BCUT2D eigenvalue weighted by atomic mass is 19.4. The van der Waals surface area contributed by atoms with Gasteiger partial charge in [0.15, 0.2) is 0 Å². The van der Waals surface area contributed by atoms with Crippen molar-refractivity contribution in [3.8, 4) is 11.1 Å². The molecular formula is C32H25F5N4O2. The van der Waals surface area contributed by atoms with Gasteiger partial charge in [-0.15, -0.1) is 0 Å². The molecule has 0 saturated carbocycles. The average molecular weight is 593 g/mol. The van der Waals surface area contributed by atoms with E-state index in [4.69, 9.17) is 0 Å². The summed E-state index contributed by atoms with van der Waals surface area (Å²) < 4.78 is 68.2. The second kappa shape index (κ2) is 12.1. The van der Waals surface area contributed by atoms with Gasteiger partial charge in [0, 0.05) is 49.0 Å². The number of nitrogens with one attached hydrogen (secondary N) is 2. The summed E-state index contributed by atoms with van der Waals surface area (Å²) in [5.74, 6) is -3.13. The Hall–Kier alpha value is -4.93. The SMILES string of the molecule is CNC(=O)c1cccc(-c2cccnc2[C@H](Cc2cc(F)cc(F)c2)NC(=O)CC2C=Nc3ccc(C(F)(F)F)cc32)c1. The molecule has 2 heterocycles. The molecule has 2 N–H and O–H groups in total. The summed E-state index contributed by atoms with van der Waals surface area (Å²) in [6, 6.07) is 15.5. The predicted octanol–water partition coefficient (Wildman–Crippen LogP) is 6.70. The van der Waals surface area contributed by atoms with Crippen molar-refractivity contribution in [3.05, 3.63) is 119 Å². The van der Waals surface area contributed by atoms with Crippen LogP contribution in [-0.2, 0) is 17.4 Å². The molecule has 0 fully saturated rings. The van der Waals surface area contributed by atoms with Crippen LogP contribution in [0.1, 0.15) is 51.1 Å². The van der Waals surface area contributed by atoms with E-state index in [1.807, 2.05) is 0 Å². The normalized spacial score (nSPS) is 14.7. The lowest BCUT2D eigenvalue weighted by Crippen LogP contribution is -2.32. The third-order valence-corrected chi connectivity index (χ3v) is 7.08. The number of rotatable bonds is 8. The zero-order valence-corrected chi connectivity index (χ0v) is 22.8. The van der Waals surface area contributed by atoms with E-state index in [9.17, 15) is 31.5 Å². The average Bonchev–Trinajstić information content (AvgIpc) is 3.37. The quantitative estimate of drug-likeness (QED) is 0.224. The van der Waals surface area contributed by atoms with E-state index < -0.39 is 41.2 Å². The fraction of sp³-hybridized carbons (Fsp3) is 0.188. The summed E-state index contributed by atoms with van der Waals surface area (Å²) in [4.78, 5) is 34.3. The van der Waals surface area contributed by atoms with Crippen LogP contribution in [0.4, 0.5) is 27.6 Å². The van der Waals surface area contributed by atoms with Gasteiger partial charge < -0.3 is 10.6 Å². The van der Waals surface area contributed by atoms with Gasteiger partial charge in [-0.1, -0.05) is 18.2 Å². The van der Waals surface area contributed by atoms with Crippen LogP contribution in [0, 0.1) is 11.6 Å². The molecule has 0 saturated heterocycles. The van der Waals surface area contributed by atoms with Gasteiger partial charge in [-0.2, -0.15) is 13.2 Å². The van der Waals surface area contributed by atoms with E-state index >= 15 is 0 Å². The van der Waals surface area contributed by atoms with Crippen molar-refractivity contribution < 1.29 is 31.5 Å². The minimum absolute atomic E-state index is 0.0485. The van der Waals surface area contributed by atoms with Gasteiger partial charge in [0.1, 0.15) is 11.6 Å². The van der Waals surface area contributed by atoms with Gasteiger partial charge in [-0.25, -0.2) is 8.78 Å². The molecule has 0 bridgehead atoms. The number of hydrogen-bond acceptors (Lipinski definition) is 4. The fourth-order valence-corrected chi connectivity index (χ4v) is 5.10. The molecule has 220 valence electrons. The van der Waals surface area contributed by atoms with Gasteiger partial charge >= 0.3 is 6.18 Å². The third-order valence-electron chi connectivity index (χ3n) is 7.08. The minimum Gasteiger partial charge on any atom is -0.355 e. The number of nitrogens with zero attached hydrogens (tertiary/aromatic N) is 2. The summed E-state index contributed by atoms with van der Waals surface area (Å²) in [7, 11) is 1.51. The second-order valence-electron chi connectivity index (χ2n) is 10.1. The first kappa shape index (κ1) is 29.6. The third kappa shape index (κ3) is 6.77. The lowest BCUT2D eigenvalue weighted by atomic mass is 9.93. The van der Waals surface area contributed by atoms with Crippen molar-refractivity contribution in [1.29, 1.82) is 0 Å². The summed E-state index contributed by atoms with van der Waals surface area (Å²) in [6.07, 6.45) is -1.89. The number of benzene rings is 3. The molecule has 1 aliphatic heterocycles. The van der Waals surface area contributed by atoms with E-state index in [1.165, 1.54) is 25.5 Å². The fourth-order valence-electron chi connectivity index (χ4n) is 5.10. The molecule has 5 rings (SSSR count). The van der Waals surface area contributed by atoms with Crippen LogP contribution in [0.2, 0.25) is 0 Å². The number of amides is 2. The number of hydrogen-bond donors (Lipinski definition) is 2. The first-order chi connectivity index (χ1) is 20.5. The largest absolute Gasteiger partial charge is 0.416 e. The number of carbonyl (C=O) groups is 2. The van der Waals surface area contributed by atoms with Crippen LogP contribution >= 0.6 is 0 Å². The molecule has 3 aromatic carbocycles. The maximum absolute atomic E-state index is 14.1. The van der Waals surface area contributed by atoms with Crippen molar-refractivity contribution in [2.24, 2.45) is 4.99 Å². The zero-order chi connectivity index (χ0) is 30.7. The molecule has 0 aliphatic carbocycles. The van der Waals surface area contributed by atoms with Crippen LogP contribution in [0.15, 0.2) is 84.0 Å². The monoisotopic (exact) mass is 592 g/mol. The molecule has 4 aromatic rings. The Balaban J connectivity index is 1.48. The van der Waals surface area contributed by atoms with E-state index in [2.05, 4.69) is 20.6 Å². The zero-order valence-electron chi connectivity index (χ0n) is 22.8. The van der Waals surface area contributed by atoms with E-state index in [0.29, 0.717) is 28.1 Å². The second-order valence-corrected chi connectivity index (χ2v) is 10.1. The molecular weight excluding hydrogens is 567 g/mol. The molecule has 2 atom stereocenters. The van der Waals surface area contributed by atoms with E-state index in [1.54, 1.807) is 36.4 Å². The number of aliphatic imine (C=N–C) groups is 1. The minimum atomic E-state index is -4.56. The summed E-state index contributed by atoms with van der Waals surface area (Å²) in [5, 5.41) is 5.44. The number of fused-ring (bicyclic) bond motifs is 1.